The SMILES string of the molecule is C/C=C/C1OC(COCc2ccccc2)C(OCc2ccccc2)C(OC(C)=O)C1OCc1ccccc1. The monoisotopic (exact) mass is 516 g/mol. The summed E-state index contributed by atoms with van der Waals surface area (Å²) in [5, 5.41) is 0. The van der Waals surface area contributed by atoms with Gasteiger partial charge in [-0.05, 0) is 23.6 Å². The van der Waals surface area contributed by atoms with Gasteiger partial charge in [-0.15, -0.1) is 0 Å². The van der Waals surface area contributed by atoms with Gasteiger partial charge in [0.2, 0.25) is 0 Å². The maximum Gasteiger partial charge on any atom is 0.303 e. The van der Waals surface area contributed by atoms with E-state index in [0.717, 1.165) is 16.7 Å². The molecule has 1 aliphatic heterocycles. The molecular formula is C32H36O6. The molecule has 6 heteroatoms. The van der Waals surface area contributed by atoms with E-state index in [-0.39, 0.29) is 6.61 Å². The Morgan fingerprint density at radius 1 is 0.737 bits per heavy atom. The second kappa shape index (κ2) is 14.6. The van der Waals surface area contributed by atoms with Crippen LogP contribution >= 0.6 is 0 Å². The average molecular weight is 517 g/mol. The number of benzene rings is 3. The molecule has 1 saturated heterocycles. The van der Waals surface area contributed by atoms with Crippen molar-refractivity contribution in [2.24, 2.45) is 0 Å². The fourth-order valence-electron chi connectivity index (χ4n) is 4.54. The molecule has 3 aromatic rings. The molecule has 5 atom stereocenters. The fourth-order valence-corrected chi connectivity index (χ4v) is 4.54. The van der Waals surface area contributed by atoms with E-state index >= 15 is 0 Å². The molecule has 1 heterocycles. The van der Waals surface area contributed by atoms with Crippen LogP contribution in [0.3, 0.4) is 0 Å². The van der Waals surface area contributed by atoms with Crippen LogP contribution in [-0.2, 0) is 48.3 Å². The molecule has 0 saturated carbocycles. The molecule has 0 bridgehead atoms. The molecule has 3 aromatic carbocycles. The van der Waals surface area contributed by atoms with Gasteiger partial charge in [-0.25, -0.2) is 0 Å². The third-order valence-electron chi connectivity index (χ3n) is 6.32. The first-order valence-corrected chi connectivity index (χ1v) is 13.0. The Bertz CT molecular complexity index is 1120. The van der Waals surface area contributed by atoms with E-state index in [4.69, 9.17) is 23.7 Å². The van der Waals surface area contributed by atoms with E-state index in [1.54, 1.807) is 0 Å². The van der Waals surface area contributed by atoms with Crippen LogP contribution in [0.25, 0.3) is 0 Å². The van der Waals surface area contributed by atoms with Crippen LogP contribution in [0, 0.1) is 0 Å². The van der Waals surface area contributed by atoms with E-state index in [2.05, 4.69) is 0 Å². The number of esters is 1. The molecule has 0 aliphatic carbocycles. The molecular weight excluding hydrogens is 480 g/mol. The average Bonchev–Trinajstić information content (AvgIpc) is 2.94. The summed E-state index contributed by atoms with van der Waals surface area (Å²) >= 11 is 0. The highest BCUT2D eigenvalue weighted by Crippen LogP contribution is 2.31. The summed E-state index contributed by atoms with van der Waals surface area (Å²) in [5.41, 5.74) is 3.09. The lowest BCUT2D eigenvalue weighted by atomic mass is 9.93. The van der Waals surface area contributed by atoms with E-state index < -0.39 is 36.5 Å². The molecule has 38 heavy (non-hydrogen) atoms. The van der Waals surface area contributed by atoms with Gasteiger partial charge < -0.3 is 23.7 Å². The summed E-state index contributed by atoms with van der Waals surface area (Å²) in [6.07, 6.45) is 1.06. The van der Waals surface area contributed by atoms with Crippen LogP contribution in [0.1, 0.15) is 30.5 Å². The smallest absolute Gasteiger partial charge is 0.303 e. The quantitative estimate of drug-likeness (QED) is 0.229. The molecule has 0 amide bonds. The minimum atomic E-state index is -0.694. The molecule has 0 radical (unpaired) electrons. The molecule has 200 valence electrons. The standard InChI is InChI=1S/C32H36O6/c1-3-13-28-30(35-21-26-16-9-5-10-17-26)32(37-24(2)33)31(36-22-27-18-11-6-12-19-27)29(38-28)23-34-20-25-14-7-4-8-15-25/h3-19,28-32H,20-23H2,1-2H3/b13-3+. The molecule has 6 nitrogen and oxygen atoms in total. The number of allylic oxidation sites excluding steroid dienone is 1. The fraction of sp³-hybridized carbons (Fsp3) is 0.344. The predicted molar refractivity (Wildman–Crippen MR) is 145 cm³/mol. The van der Waals surface area contributed by atoms with Gasteiger partial charge in [0.25, 0.3) is 0 Å². The normalized spacial score (nSPS) is 23.4. The summed E-state index contributed by atoms with van der Waals surface area (Å²) in [4.78, 5) is 12.3. The topological polar surface area (TPSA) is 63.2 Å². The Labute approximate surface area is 225 Å². The van der Waals surface area contributed by atoms with Crippen molar-refractivity contribution in [3.05, 3.63) is 120 Å². The minimum absolute atomic E-state index is 0.269. The minimum Gasteiger partial charge on any atom is -0.457 e. The van der Waals surface area contributed by atoms with Gasteiger partial charge in [-0.2, -0.15) is 0 Å². The van der Waals surface area contributed by atoms with Gasteiger partial charge in [-0.1, -0.05) is 103 Å². The van der Waals surface area contributed by atoms with Crippen molar-refractivity contribution in [1.29, 1.82) is 0 Å². The first kappa shape index (κ1) is 27.7. The molecule has 1 fully saturated rings. The van der Waals surface area contributed by atoms with Gasteiger partial charge in [0.05, 0.1) is 26.4 Å². The van der Waals surface area contributed by atoms with Gasteiger partial charge in [0.1, 0.15) is 24.4 Å². The highest BCUT2D eigenvalue weighted by Gasteiger charge is 2.48. The zero-order chi connectivity index (χ0) is 26.6. The van der Waals surface area contributed by atoms with Gasteiger partial charge in [-0.3, -0.25) is 4.79 Å². The van der Waals surface area contributed by atoms with Crippen molar-refractivity contribution in [3.63, 3.8) is 0 Å². The summed E-state index contributed by atoms with van der Waals surface area (Å²) in [5.74, 6) is -0.401. The Morgan fingerprint density at radius 3 is 1.74 bits per heavy atom. The van der Waals surface area contributed by atoms with E-state index in [1.165, 1.54) is 6.92 Å². The Balaban J connectivity index is 1.57. The zero-order valence-corrected chi connectivity index (χ0v) is 22.0. The number of rotatable bonds is 12. The number of hydrogen-bond acceptors (Lipinski definition) is 6. The zero-order valence-electron chi connectivity index (χ0n) is 22.0. The largest absolute Gasteiger partial charge is 0.457 e. The number of ether oxygens (including phenoxy) is 5. The van der Waals surface area contributed by atoms with Gasteiger partial charge >= 0.3 is 5.97 Å². The van der Waals surface area contributed by atoms with Crippen LogP contribution in [0.5, 0.6) is 0 Å². The third kappa shape index (κ3) is 8.10. The second-order valence-electron chi connectivity index (χ2n) is 9.26. The van der Waals surface area contributed by atoms with E-state index in [9.17, 15) is 4.79 Å². The highest BCUT2D eigenvalue weighted by atomic mass is 16.6. The molecule has 0 spiro atoms. The molecule has 0 N–H and O–H groups in total. The van der Waals surface area contributed by atoms with Crippen LogP contribution in [0.15, 0.2) is 103 Å². The van der Waals surface area contributed by atoms with E-state index in [1.807, 2.05) is 110 Å². The van der Waals surface area contributed by atoms with Crippen LogP contribution < -0.4 is 0 Å². The number of carbonyl (C=O) groups is 1. The molecule has 5 unspecified atom stereocenters. The van der Waals surface area contributed by atoms with E-state index in [0.29, 0.717) is 19.8 Å². The maximum atomic E-state index is 12.3. The molecule has 1 aliphatic rings. The van der Waals surface area contributed by atoms with Crippen LogP contribution in [0.4, 0.5) is 0 Å². The lowest BCUT2D eigenvalue weighted by molar-refractivity contribution is -0.256. The van der Waals surface area contributed by atoms with Crippen molar-refractivity contribution >= 4 is 5.97 Å². The Hall–Kier alpha value is -3.29. The summed E-state index contributed by atoms with van der Waals surface area (Å²) in [7, 11) is 0. The summed E-state index contributed by atoms with van der Waals surface area (Å²) < 4.78 is 31.3. The third-order valence-corrected chi connectivity index (χ3v) is 6.32. The second-order valence-corrected chi connectivity index (χ2v) is 9.26. The summed E-state index contributed by atoms with van der Waals surface area (Å²) in [6, 6.07) is 29.8. The summed E-state index contributed by atoms with van der Waals surface area (Å²) in [6.45, 7) is 4.72. The first-order valence-electron chi connectivity index (χ1n) is 13.0. The Kier molecular flexibility index (Phi) is 10.7. The van der Waals surface area contributed by atoms with Crippen molar-refractivity contribution < 1.29 is 28.5 Å². The lowest BCUT2D eigenvalue weighted by Crippen LogP contribution is -2.61. The molecule has 4 rings (SSSR count). The lowest BCUT2D eigenvalue weighted by Gasteiger charge is -2.45. The highest BCUT2D eigenvalue weighted by molar-refractivity contribution is 5.66. The maximum absolute atomic E-state index is 12.3. The van der Waals surface area contributed by atoms with Crippen LogP contribution in [0.2, 0.25) is 0 Å². The predicted octanol–water partition coefficient (Wildman–Crippen LogP) is 5.65. The van der Waals surface area contributed by atoms with Crippen molar-refractivity contribution in [2.45, 2.75) is 64.2 Å². The molecule has 0 aromatic heterocycles. The van der Waals surface area contributed by atoms with Crippen molar-refractivity contribution in [1.82, 2.24) is 0 Å². The van der Waals surface area contributed by atoms with Gasteiger partial charge in [0, 0.05) is 6.92 Å². The van der Waals surface area contributed by atoms with Crippen LogP contribution in [-0.4, -0.2) is 43.1 Å². The van der Waals surface area contributed by atoms with Crippen molar-refractivity contribution in [2.75, 3.05) is 6.61 Å². The first-order chi connectivity index (χ1) is 18.6. The Morgan fingerprint density at radius 2 is 1.24 bits per heavy atom. The number of hydrogen-bond donors (Lipinski definition) is 0. The van der Waals surface area contributed by atoms with Crippen molar-refractivity contribution in [3.8, 4) is 0 Å². The van der Waals surface area contributed by atoms with Gasteiger partial charge in [0.15, 0.2) is 6.10 Å². The number of carbonyl (C=O) groups excluding carboxylic acids is 1.